The molecule has 2 N–H and O–H groups in total. The van der Waals surface area contributed by atoms with Crippen molar-refractivity contribution < 1.29 is 52.2 Å². The minimum Gasteiger partial charge on any atom is -0.462 e. The number of aliphatic hydroxyl groups is 1. The lowest BCUT2D eigenvalue weighted by Crippen LogP contribution is -2.30. The summed E-state index contributed by atoms with van der Waals surface area (Å²) in [4.78, 5) is 48.5. The maximum Gasteiger partial charge on any atom is 0.472 e. The van der Waals surface area contributed by atoms with Gasteiger partial charge in [-0.25, -0.2) is 4.57 Å². The van der Waals surface area contributed by atoms with Gasteiger partial charge in [0.05, 0.1) is 19.8 Å². The van der Waals surface area contributed by atoms with Crippen molar-refractivity contribution in [3.05, 3.63) is 60.8 Å². The van der Waals surface area contributed by atoms with Gasteiger partial charge in [0.2, 0.25) is 0 Å². The number of hydrogen-bond acceptors (Lipinski definition) is 10. The minimum atomic E-state index is -4.75. The topological polar surface area (TPSA) is 155 Å². The Morgan fingerprint density at radius 3 is 1.10 bits per heavy atom. The van der Waals surface area contributed by atoms with Crippen LogP contribution in [0.3, 0.4) is 0 Å². The Hall–Kier alpha value is -2.82. The molecule has 0 heterocycles. The van der Waals surface area contributed by atoms with Crippen molar-refractivity contribution in [1.29, 1.82) is 0 Å². The number of aliphatic hydroxyl groups excluding tert-OH is 1. The molecule has 0 aliphatic rings. The first-order chi connectivity index (χ1) is 35.2. The molecule has 418 valence electrons. The number of phosphoric ester groups is 1. The van der Waals surface area contributed by atoms with Gasteiger partial charge in [-0.1, -0.05) is 248 Å². The van der Waals surface area contributed by atoms with E-state index in [0.29, 0.717) is 25.7 Å². The lowest BCUT2D eigenvalue weighted by atomic mass is 10.0. The van der Waals surface area contributed by atoms with Crippen LogP contribution in [0, 0.1) is 0 Å². The molecule has 0 aliphatic heterocycles. The van der Waals surface area contributed by atoms with E-state index in [2.05, 4.69) is 75.5 Å². The minimum absolute atomic E-state index is 0.150. The third-order valence-electron chi connectivity index (χ3n) is 12.5. The normalized spacial score (nSPS) is 13.8. The molecule has 0 aliphatic carbocycles. The predicted octanol–water partition coefficient (Wildman–Crippen LogP) is 17.1. The first-order valence-corrected chi connectivity index (χ1v) is 30.7. The molecule has 0 aromatic carbocycles. The smallest absolute Gasteiger partial charge is 0.462 e. The first kappa shape index (κ1) is 69.2. The monoisotopic (exact) mass is 1030 g/mol. The van der Waals surface area contributed by atoms with E-state index in [1.165, 1.54) is 128 Å². The molecule has 0 saturated heterocycles. The number of carbonyl (C=O) groups excluding carboxylic acids is 3. The van der Waals surface area contributed by atoms with E-state index in [4.69, 9.17) is 23.3 Å². The van der Waals surface area contributed by atoms with E-state index in [0.717, 1.165) is 70.6 Å². The molecule has 11 nitrogen and oxygen atoms in total. The number of phosphoric acid groups is 1. The quantitative estimate of drug-likeness (QED) is 0.0197. The fourth-order valence-electron chi connectivity index (χ4n) is 8.04. The largest absolute Gasteiger partial charge is 0.472 e. The third kappa shape index (κ3) is 52.1. The molecule has 0 spiro atoms. The van der Waals surface area contributed by atoms with Crippen LogP contribution in [-0.4, -0.2) is 66.5 Å². The summed E-state index contributed by atoms with van der Waals surface area (Å²) in [6.45, 7) is 4.50. The summed E-state index contributed by atoms with van der Waals surface area (Å²) in [5.41, 5.74) is 0. The zero-order chi connectivity index (χ0) is 52.7. The first-order valence-electron chi connectivity index (χ1n) is 29.2. The highest BCUT2D eigenvalue weighted by atomic mass is 31.2. The summed E-state index contributed by atoms with van der Waals surface area (Å²) < 4.78 is 39.5. The van der Waals surface area contributed by atoms with Crippen molar-refractivity contribution in [3.63, 3.8) is 0 Å². The molecular weight excluding hydrogens is 928 g/mol. The Balaban J connectivity index is 4.78. The van der Waals surface area contributed by atoms with Crippen LogP contribution in [-0.2, 0) is 42.2 Å². The SMILES string of the molecule is CC/C=C\C/C=C\C/C=C\C/C=C\C/C=C\CCCC(=O)OCC(COP(=O)(O)OCC(CO)OC(=O)CCCCCCCCCCCCCCC)OC(=O)CCCCCCCCCCCCCCCCC. The number of esters is 3. The Kier molecular flexibility index (Phi) is 52.3. The summed E-state index contributed by atoms with van der Waals surface area (Å²) in [5, 5.41) is 9.81. The predicted molar refractivity (Wildman–Crippen MR) is 298 cm³/mol. The van der Waals surface area contributed by atoms with Gasteiger partial charge in [0.25, 0.3) is 0 Å². The summed E-state index contributed by atoms with van der Waals surface area (Å²) in [6, 6.07) is 0. The number of ether oxygens (including phenoxy) is 3. The van der Waals surface area contributed by atoms with Crippen LogP contribution in [0.2, 0.25) is 0 Å². The highest BCUT2D eigenvalue weighted by Crippen LogP contribution is 2.43. The zero-order valence-electron chi connectivity index (χ0n) is 46.1. The van der Waals surface area contributed by atoms with Gasteiger partial charge in [0.15, 0.2) is 6.10 Å². The molecule has 0 saturated carbocycles. The van der Waals surface area contributed by atoms with Crippen molar-refractivity contribution >= 4 is 25.7 Å². The van der Waals surface area contributed by atoms with Crippen molar-refractivity contribution in [2.75, 3.05) is 26.4 Å². The Labute approximate surface area is 440 Å². The maximum atomic E-state index is 12.9. The molecule has 0 aromatic rings. The average Bonchev–Trinajstić information content (AvgIpc) is 3.37. The van der Waals surface area contributed by atoms with Gasteiger partial charge in [-0.05, 0) is 57.8 Å². The molecule has 0 amide bonds. The number of allylic oxidation sites excluding steroid dienone is 10. The lowest BCUT2D eigenvalue weighted by molar-refractivity contribution is -0.161. The molecule has 0 fully saturated rings. The van der Waals surface area contributed by atoms with Crippen LogP contribution in [0.25, 0.3) is 0 Å². The van der Waals surface area contributed by atoms with E-state index >= 15 is 0 Å². The summed E-state index contributed by atoms with van der Waals surface area (Å²) in [5.74, 6) is -1.52. The fourth-order valence-corrected chi connectivity index (χ4v) is 8.82. The molecule has 0 radical (unpaired) electrons. The molecule has 0 aromatic heterocycles. The summed E-state index contributed by atoms with van der Waals surface area (Å²) >= 11 is 0. The van der Waals surface area contributed by atoms with Crippen LogP contribution in [0.1, 0.15) is 265 Å². The molecular formula is C60H107O11P. The molecule has 12 heteroatoms. The maximum absolute atomic E-state index is 12.9. The van der Waals surface area contributed by atoms with Gasteiger partial charge in [-0.2, -0.15) is 0 Å². The highest BCUT2D eigenvalue weighted by Gasteiger charge is 2.28. The number of carbonyl (C=O) groups is 3. The fraction of sp³-hybridized carbons (Fsp3) is 0.783. The van der Waals surface area contributed by atoms with Crippen molar-refractivity contribution in [2.45, 2.75) is 277 Å². The van der Waals surface area contributed by atoms with E-state index < -0.39 is 57.8 Å². The van der Waals surface area contributed by atoms with Crippen molar-refractivity contribution in [2.24, 2.45) is 0 Å². The van der Waals surface area contributed by atoms with Crippen LogP contribution < -0.4 is 0 Å². The van der Waals surface area contributed by atoms with E-state index in [1.807, 2.05) is 6.08 Å². The van der Waals surface area contributed by atoms with E-state index in [1.54, 1.807) is 0 Å². The van der Waals surface area contributed by atoms with Gasteiger partial charge in [0.1, 0.15) is 12.7 Å². The Morgan fingerprint density at radius 2 is 0.722 bits per heavy atom. The summed E-state index contributed by atoms with van der Waals surface area (Å²) in [7, 11) is -4.75. The highest BCUT2D eigenvalue weighted by molar-refractivity contribution is 7.47. The van der Waals surface area contributed by atoms with E-state index in [9.17, 15) is 28.9 Å². The zero-order valence-corrected chi connectivity index (χ0v) is 47.0. The van der Waals surface area contributed by atoms with Crippen molar-refractivity contribution in [3.8, 4) is 0 Å². The molecule has 3 unspecified atom stereocenters. The van der Waals surface area contributed by atoms with Gasteiger partial charge in [-0.3, -0.25) is 23.4 Å². The van der Waals surface area contributed by atoms with E-state index in [-0.39, 0.29) is 25.9 Å². The molecule has 72 heavy (non-hydrogen) atoms. The second-order valence-electron chi connectivity index (χ2n) is 19.4. The molecule has 0 rings (SSSR count). The van der Waals surface area contributed by atoms with Crippen LogP contribution >= 0.6 is 7.82 Å². The van der Waals surface area contributed by atoms with Gasteiger partial charge >= 0.3 is 25.7 Å². The van der Waals surface area contributed by atoms with Crippen LogP contribution in [0.4, 0.5) is 0 Å². The number of hydrogen-bond donors (Lipinski definition) is 2. The van der Waals surface area contributed by atoms with Crippen LogP contribution in [0.5, 0.6) is 0 Å². The van der Waals surface area contributed by atoms with Gasteiger partial charge in [0, 0.05) is 19.3 Å². The third-order valence-corrected chi connectivity index (χ3v) is 13.4. The number of rotatable bonds is 54. The average molecular weight is 1040 g/mol. The lowest BCUT2D eigenvalue weighted by Gasteiger charge is -2.21. The second-order valence-corrected chi connectivity index (χ2v) is 20.9. The molecule has 0 bridgehead atoms. The Bertz CT molecular complexity index is 1440. The van der Waals surface area contributed by atoms with Crippen molar-refractivity contribution in [1.82, 2.24) is 0 Å². The standard InChI is InChI=1S/C60H107O11P/c1-4-7-10-13-16-19-22-25-27-28-30-32-34-37-40-43-46-49-58(62)67-53-57(71-60(64)51-48-45-42-39-36-33-29-26-23-20-17-14-11-8-5-2)55-69-72(65,66)68-54-56(52-61)70-59(63)50-47-44-41-38-35-31-24-21-18-15-12-9-6-3/h7,10,16,19,25,27,30,32,37,40,56-57,61H,4-6,8-9,11-15,17-18,20-24,26,28-29,31,33-36,38-39,41-55H2,1-3H3,(H,65,66)/b10-7-,19-16-,27-25-,32-30-,40-37-. The van der Waals surface area contributed by atoms with Crippen LogP contribution in [0.15, 0.2) is 60.8 Å². The number of unbranched alkanes of at least 4 members (excludes halogenated alkanes) is 27. The summed E-state index contributed by atoms with van der Waals surface area (Å²) in [6.07, 6.45) is 59.0. The Morgan fingerprint density at radius 1 is 0.403 bits per heavy atom. The van der Waals surface area contributed by atoms with Gasteiger partial charge < -0.3 is 24.2 Å². The van der Waals surface area contributed by atoms with Gasteiger partial charge in [-0.15, -0.1) is 0 Å². The molecule has 3 atom stereocenters. The second kappa shape index (κ2) is 54.4.